The summed E-state index contributed by atoms with van der Waals surface area (Å²) in [5.41, 5.74) is 2.06. The van der Waals surface area contributed by atoms with Crippen LogP contribution in [0.1, 0.15) is 30.8 Å². The third kappa shape index (κ3) is 5.03. The first-order valence-electron chi connectivity index (χ1n) is 7.77. The number of nitrogens with zero attached hydrogens (tertiary/aromatic N) is 2. The number of aromatic nitrogens is 2. The molecule has 0 aliphatic carbocycles. The summed E-state index contributed by atoms with van der Waals surface area (Å²) >= 11 is 1.28. The third-order valence-electron chi connectivity index (χ3n) is 3.72. The van der Waals surface area contributed by atoms with E-state index in [1.54, 1.807) is 38.1 Å². The van der Waals surface area contributed by atoms with Crippen LogP contribution < -0.4 is 5.32 Å². The van der Waals surface area contributed by atoms with Crippen LogP contribution in [0, 0.1) is 13.8 Å². The van der Waals surface area contributed by atoms with Crippen molar-refractivity contribution in [3.63, 3.8) is 0 Å². The monoisotopic (exact) mass is 359 g/mol. The van der Waals surface area contributed by atoms with Crippen LogP contribution >= 0.6 is 11.8 Å². The fourth-order valence-corrected chi connectivity index (χ4v) is 2.93. The number of carboxylic acid groups (broad SMARTS) is 1. The lowest BCUT2D eigenvalue weighted by Crippen LogP contribution is -2.28. The number of aliphatic carboxylic acids is 1. The molecule has 2 aromatic rings. The minimum atomic E-state index is -0.973. The maximum atomic E-state index is 12.1. The standard InChI is InChI=1S/C18H21N3O3S/c1-11-9-12(2)20-17(19-11)25-10-15(22)21-14-7-5-13(6-8-14)18(3,4)16(23)24/h5-9H,10H2,1-4H3,(H,21,22)(H,23,24). The number of hydrogen-bond acceptors (Lipinski definition) is 5. The Hall–Kier alpha value is -2.41. The van der Waals surface area contributed by atoms with Crippen LogP contribution in [-0.4, -0.2) is 32.7 Å². The van der Waals surface area contributed by atoms with Gasteiger partial charge < -0.3 is 10.4 Å². The number of aryl methyl sites for hydroxylation is 2. The minimum absolute atomic E-state index is 0.169. The predicted octanol–water partition coefficient (Wildman–Crippen LogP) is 3.19. The van der Waals surface area contributed by atoms with E-state index < -0.39 is 11.4 Å². The van der Waals surface area contributed by atoms with Crippen molar-refractivity contribution in [1.29, 1.82) is 0 Å². The van der Waals surface area contributed by atoms with Gasteiger partial charge in [-0.2, -0.15) is 0 Å². The summed E-state index contributed by atoms with van der Waals surface area (Å²) in [7, 11) is 0. The molecule has 0 fully saturated rings. The molecule has 0 atom stereocenters. The lowest BCUT2D eigenvalue weighted by molar-refractivity contribution is -0.142. The van der Waals surface area contributed by atoms with Crippen LogP contribution in [0.15, 0.2) is 35.5 Å². The average Bonchev–Trinajstić information content (AvgIpc) is 2.52. The van der Waals surface area contributed by atoms with Crippen molar-refractivity contribution in [2.24, 2.45) is 0 Å². The van der Waals surface area contributed by atoms with Gasteiger partial charge in [-0.25, -0.2) is 9.97 Å². The van der Waals surface area contributed by atoms with E-state index in [2.05, 4.69) is 15.3 Å². The topological polar surface area (TPSA) is 92.2 Å². The van der Waals surface area contributed by atoms with E-state index in [1.807, 2.05) is 19.9 Å². The number of benzene rings is 1. The Balaban J connectivity index is 1.95. The lowest BCUT2D eigenvalue weighted by Gasteiger charge is -2.19. The normalized spacial score (nSPS) is 11.2. The number of nitrogens with one attached hydrogen (secondary N) is 1. The zero-order chi connectivity index (χ0) is 18.6. The predicted molar refractivity (Wildman–Crippen MR) is 98.0 cm³/mol. The van der Waals surface area contributed by atoms with Crippen molar-refractivity contribution in [2.45, 2.75) is 38.3 Å². The summed E-state index contributed by atoms with van der Waals surface area (Å²) in [4.78, 5) is 31.9. The average molecular weight is 359 g/mol. The Kier molecular flexibility index (Phi) is 5.79. The summed E-state index contributed by atoms with van der Waals surface area (Å²) in [5, 5.41) is 12.6. The first kappa shape index (κ1) is 18.9. The number of rotatable bonds is 6. The van der Waals surface area contributed by atoms with Crippen molar-refractivity contribution in [3.05, 3.63) is 47.3 Å². The van der Waals surface area contributed by atoms with Crippen molar-refractivity contribution in [2.75, 3.05) is 11.1 Å². The van der Waals surface area contributed by atoms with Gasteiger partial charge in [-0.3, -0.25) is 9.59 Å². The molecule has 0 bridgehead atoms. The second-order valence-electron chi connectivity index (χ2n) is 6.28. The minimum Gasteiger partial charge on any atom is -0.481 e. The summed E-state index contributed by atoms with van der Waals surface area (Å²) in [5.74, 6) is -0.863. The molecule has 0 saturated carbocycles. The van der Waals surface area contributed by atoms with Crippen molar-refractivity contribution >= 4 is 29.3 Å². The molecule has 2 rings (SSSR count). The molecule has 0 spiro atoms. The van der Waals surface area contributed by atoms with E-state index >= 15 is 0 Å². The second kappa shape index (κ2) is 7.65. The van der Waals surface area contributed by atoms with E-state index in [0.29, 0.717) is 16.4 Å². The number of carbonyl (C=O) groups is 2. The SMILES string of the molecule is Cc1cc(C)nc(SCC(=O)Nc2ccc(C(C)(C)C(=O)O)cc2)n1. The first-order valence-corrected chi connectivity index (χ1v) is 8.76. The molecular weight excluding hydrogens is 338 g/mol. The second-order valence-corrected chi connectivity index (χ2v) is 7.22. The molecule has 0 aliphatic heterocycles. The highest BCUT2D eigenvalue weighted by Crippen LogP contribution is 2.25. The maximum Gasteiger partial charge on any atom is 0.313 e. The molecular formula is C18H21N3O3S. The van der Waals surface area contributed by atoms with Gasteiger partial charge in [-0.1, -0.05) is 23.9 Å². The Morgan fingerprint density at radius 1 is 1.12 bits per heavy atom. The van der Waals surface area contributed by atoms with Crippen LogP contribution in [0.2, 0.25) is 0 Å². The molecule has 1 aromatic carbocycles. The van der Waals surface area contributed by atoms with Crippen LogP contribution in [-0.2, 0) is 15.0 Å². The Bertz CT molecular complexity index is 768. The van der Waals surface area contributed by atoms with Gasteiger partial charge in [0.2, 0.25) is 5.91 Å². The zero-order valence-electron chi connectivity index (χ0n) is 14.7. The maximum absolute atomic E-state index is 12.1. The smallest absolute Gasteiger partial charge is 0.313 e. The molecule has 0 unspecified atom stereocenters. The van der Waals surface area contributed by atoms with Gasteiger partial charge in [-0.15, -0.1) is 0 Å². The first-order chi connectivity index (χ1) is 11.7. The Labute approximate surface area is 151 Å². The fraction of sp³-hybridized carbons (Fsp3) is 0.333. The molecule has 7 heteroatoms. The molecule has 2 N–H and O–H groups in total. The highest BCUT2D eigenvalue weighted by Gasteiger charge is 2.29. The molecule has 25 heavy (non-hydrogen) atoms. The summed E-state index contributed by atoms with van der Waals surface area (Å²) < 4.78 is 0. The molecule has 1 amide bonds. The van der Waals surface area contributed by atoms with E-state index in [4.69, 9.17) is 0 Å². The zero-order valence-corrected chi connectivity index (χ0v) is 15.5. The molecule has 0 saturated heterocycles. The quantitative estimate of drug-likeness (QED) is 0.608. The van der Waals surface area contributed by atoms with E-state index in [0.717, 1.165) is 11.4 Å². The van der Waals surface area contributed by atoms with Gasteiger partial charge in [-0.05, 0) is 51.5 Å². The summed E-state index contributed by atoms with van der Waals surface area (Å²) in [6.07, 6.45) is 0. The molecule has 0 aliphatic rings. The molecule has 0 radical (unpaired) electrons. The van der Waals surface area contributed by atoms with Gasteiger partial charge >= 0.3 is 5.97 Å². The van der Waals surface area contributed by atoms with Gasteiger partial charge in [0.1, 0.15) is 0 Å². The van der Waals surface area contributed by atoms with E-state index in [1.165, 1.54) is 11.8 Å². The van der Waals surface area contributed by atoms with Crippen LogP contribution in [0.5, 0.6) is 0 Å². The molecule has 132 valence electrons. The van der Waals surface area contributed by atoms with Gasteiger partial charge in [0.15, 0.2) is 5.16 Å². The molecule has 1 heterocycles. The highest BCUT2D eigenvalue weighted by molar-refractivity contribution is 7.99. The summed E-state index contributed by atoms with van der Waals surface area (Å²) in [6.45, 7) is 7.06. The number of hydrogen-bond donors (Lipinski definition) is 2. The third-order valence-corrected chi connectivity index (χ3v) is 4.57. The van der Waals surface area contributed by atoms with E-state index in [-0.39, 0.29) is 11.7 Å². The highest BCUT2D eigenvalue weighted by atomic mass is 32.2. The van der Waals surface area contributed by atoms with E-state index in [9.17, 15) is 14.7 Å². The number of thioether (sulfide) groups is 1. The Morgan fingerprint density at radius 2 is 1.68 bits per heavy atom. The van der Waals surface area contributed by atoms with Crippen molar-refractivity contribution in [1.82, 2.24) is 9.97 Å². The van der Waals surface area contributed by atoms with Crippen molar-refractivity contribution in [3.8, 4) is 0 Å². The van der Waals surface area contributed by atoms with Gasteiger partial charge in [0.25, 0.3) is 0 Å². The van der Waals surface area contributed by atoms with Crippen molar-refractivity contribution < 1.29 is 14.7 Å². The number of anilines is 1. The van der Waals surface area contributed by atoms with Gasteiger partial charge in [0, 0.05) is 17.1 Å². The fourth-order valence-electron chi connectivity index (χ4n) is 2.18. The lowest BCUT2D eigenvalue weighted by atomic mass is 9.85. The largest absolute Gasteiger partial charge is 0.481 e. The van der Waals surface area contributed by atoms with Gasteiger partial charge in [0.05, 0.1) is 11.2 Å². The number of carboxylic acids is 1. The number of amides is 1. The van der Waals surface area contributed by atoms with Crippen LogP contribution in [0.25, 0.3) is 0 Å². The molecule has 6 nitrogen and oxygen atoms in total. The molecule has 1 aromatic heterocycles. The Morgan fingerprint density at radius 3 is 2.20 bits per heavy atom. The van der Waals surface area contributed by atoms with Crippen LogP contribution in [0.3, 0.4) is 0 Å². The summed E-state index contributed by atoms with van der Waals surface area (Å²) in [6, 6.07) is 8.71. The van der Waals surface area contributed by atoms with Crippen LogP contribution in [0.4, 0.5) is 5.69 Å². The number of carbonyl (C=O) groups excluding carboxylic acids is 1.